The first kappa shape index (κ1) is 16.4. The molecule has 2 aromatic rings. The highest BCUT2D eigenvalue weighted by molar-refractivity contribution is 5.96. The SMILES string of the molecule is CCCC(C(=O)Nc1ccc2c(c1)OCCCO2)c1ccccc1. The second-order valence-electron chi connectivity index (χ2n) is 5.95. The number of carbonyl (C=O) groups excluding carboxylic acids is 1. The lowest BCUT2D eigenvalue weighted by Crippen LogP contribution is -2.21. The molecule has 1 atom stereocenters. The number of ether oxygens (including phenoxy) is 2. The fraction of sp³-hybridized carbons (Fsp3) is 0.350. The van der Waals surface area contributed by atoms with Crippen LogP contribution in [0.1, 0.15) is 37.7 Å². The van der Waals surface area contributed by atoms with Crippen LogP contribution in [0.15, 0.2) is 48.5 Å². The molecule has 0 radical (unpaired) electrons. The van der Waals surface area contributed by atoms with E-state index in [1.165, 1.54) is 0 Å². The van der Waals surface area contributed by atoms with Crippen molar-refractivity contribution in [2.75, 3.05) is 18.5 Å². The Morgan fingerprint density at radius 2 is 1.83 bits per heavy atom. The minimum Gasteiger partial charge on any atom is -0.490 e. The molecule has 0 saturated carbocycles. The Morgan fingerprint density at radius 1 is 1.08 bits per heavy atom. The summed E-state index contributed by atoms with van der Waals surface area (Å²) < 4.78 is 11.3. The molecule has 0 saturated heterocycles. The van der Waals surface area contributed by atoms with Crippen LogP contribution in [-0.2, 0) is 4.79 Å². The van der Waals surface area contributed by atoms with Crippen LogP contribution in [0.3, 0.4) is 0 Å². The van der Waals surface area contributed by atoms with Gasteiger partial charge in [0.2, 0.25) is 5.91 Å². The Bertz CT molecular complexity index is 685. The molecule has 0 fully saturated rings. The quantitative estimate of drug-likeness (QED) is 0.888. The van der Waals surface area contributed by atoms with E-state index in [0.29, 0.717) is 19.0 Å². The molecule has 1 unspecified atom stereocenters. The molecule has 4 heteroatoms. The maximum Gasteiger partial charge on any atom is 0.231 e. The molecule has 1 amide bonds. The third-order valence-corrected chi connectivity index (χ3v) is 4.11. The number of anilines is 1. The zero-order chi connectivity index (χ0) is 16.8. The van der Waals surface area contributed by atoms with Gasteiger partial charge in [-0.25, -0.2) is 0 Å². The Labute approximate surface area is 142 Å². The van der Waals surface area contributed by atoms with Gasteiger partial charge in [0.1, 0.15) is 0 Å². The molecule has 2 aromatic carbocycles. The average molecular weight is 325 g/mol. The van der Waals surface area contributed by atoms with Crippen molar-refractivity contribution >= 4 is 11.6 Å². The molecule has 0 bridgehead atoms. The second-order valence-corrected chi connectivity index (χ2v) is 5.95. The third-order valence-electron chi connectivity index (χ3n) is 4.11. The van der Waals surface area contributed by atoms with Gasteiger partial charge in [0, 0.05) is 18.2 Å². The maximum absolute atomic E-state index is 12.8. The predicted octanol–water partition coefficient (Wildman–Crippen LogP) is 4.37. The molecule has 0 spiro atoms. The lowest BCUT2D eigenvalue weighted by molar-refractivity contribution is -0.117. The number of rotatable bonds is 5. The van der Waals surface area contributed by atoms with Gasteiger partial charge in [-0.15, -0.1) is 0 Å². The second kappa shape index (κ2) is 7.86. The van der Waals surface area contributed by atoms with Crippen molar-refractivity contribution in [2.45, 2.75) is 32.1 Å². The van der Waals surface area contributed by atoms with Crippen LogP contribution in [0, 0.1) is 0 Å². The van der Waals surface area contributed by atoms with E-state index in [0.717, 1.165) is 36.3 Å². The molecular weight excluding hydrogens is 302 g/mol. The topological polar surface area (TPSA) is 47.6 Å². The van der Waals surface area contributed by atoms with Crippen molar-refractivity contribution in [3.8, 4) is 11.5 Å². The van der Waals surface area contributed by atoms with Crippen molar-refractivity contribution in [2.24, 2.45) is 0 Å². The number of fused-ring (bicyclic) bond motifs is 1. The van der Waals surface area contributed by atoms with Crippen LogP contribution in [0.4, 0.5) is 5.69 Å². The predicted molar refractivity (Wildman–Crippen MR) is 94.8 cm³/mol. The van der Waals surface area contributed by atoms with E-state index in [9.17, 15) is 4.79 Å². The molecule has 0 aromatic heterocycles. The number of hydrogen-bond acceptors (Lipinski definition) is 3. The minimum atomic E-state index is -0.146. The van der Waals surface area contributed by atoms with Gasteiger partial charge in [-0.2, -0.15) is 0 Å². The Balaban J connectivity index is 1.76. The fourth-order valence-corrected chi connectivity index (χ4v) is 2.89. The van der Waals surface area contributed by atoms with Gasteiger partial charge in [-0.05, 0) is 24.1 Å². The molecule has 0 aliphatic carbocycles. The highest BCUT2D eigenvalue weighted by atomic mass is 16.5. The van der Waals surface area contributed by atoms with Crippen molar-refractivity contribution in [3.05, 3.63) is 54.1 Å². The first-order chi connectivity index (χ1) is 11.8. The van der Waals surface area contributed by atoms with E-state index < -0.39 is 0 Å². The maximum atomic E-state index is 12.8. The van der Waals surface area contributed by atoms with Crippen LogP contribution >= 0.6 is 0 Å². The number of nitrogens with one attached hydrogen (secondary N) is 1. The lowest BCUT2D eigenvalue weighted by atomic mass is 9.93. The van der Waals surface area contributed by atoms with Crippen molar-refractivity contribution < 1.29 is 14.3 Å². The van der Waals surface area contributed by atoms with E-state index in [-0.39, 0.29) is 11.8 Å². The van der Waals surface area contributed by atoms with Gasteiger partial charge in [-0.1, -0.05) is 43.7 Å². The molecule has 1 heterocycles. The Morgan fingerprint density at radius 3 is 2.58 bits per heavy atom. The zero-order valence-corrected chi connectivity index (χ0v) is 14.0. The average Bonchev–Trinajstić information content (AvgIpc) is 2.85. The minimum absolute atomic E-state index is 0.0116. The van der Waals surface area contributed by atoms with E-state index >= 15 is 0 Å². The first-order valence-electron chi connectivity index (χ1n) is 8.53. The van der Waals surface area contributed by atoms with Crippen molar-refractivity contribution in [3.63, 3.8) is 0 Å². The molecule has 126 valence electrons. The summed E-state index contributed by atoms with van der Waals surface area (Å²) in [5.41, 5.74) is 1.78. The summed E-state index contributed by atoms with van der Waals surface area (Å²) in [5.74, 6) is 1.29. The largest absolute Gasteiger partial charge is 0.490 e. The van der Waals surface area contributed by atoms with Crippen LogP contribution in [-0.4, -0.2) is 19.1 Å². The van der Waals surface area contributed by atoms with Gasteiger partial charge in [0.15, 0.2) is 11.5 Å². The highest BCUT2D eigenvalue weighted by Crippen LogP contribution is 2.33. The van der Waals surface area contributed by atoms with Gasteiger partial charge in [0.25, 0.3) is 0 Å². The molecule has 1 N–H and O–H groups in total. The van der Waals surface area contributed by atoms with E-state index in [1.807, 2.05) is 48.5 Å². The van der Waals surface area contributed by atoms with Gasteiger partial charge in [0.05, 0.1) is 19.1 Å². The Kier molecular flexibility index (Phi) is 5.36. The fourth-order valence-electron chi connectivity index (χ4n) is 2.89. The molecule has 3 rings (SSSR count). The summed E-state index contributed by atoms with van der Waals surface area (Å²) >= 11 is 0. The molecule has 1 aliphatic rings. The molecule has 4 nitrogen and oxygen atoms in total. The summed E-state index contributed by atoms with van der Waals surface area (Å²) in [6.07, 6.45) is 2.64. The van der Waals surface area contributed by atoms with Crippen LogP contribution in [0.5, 0.6) is 11.5 Å². The van der Waals surface area contributed by atoms with Gasteiger partial charge in [-0.3, -0.25) is 4.79 Å². The normalized spacial score (nSPS) is 14.5. The summed E-state index contributed by atoms with van der Waals surface area (Å²) in [5, 5.41) is 3.02. The first-order valence-corrected chi connectivity index (χ1v) is 8.53. The van der Waals surface area contributed by atoms with Gasteiger partial charge >= 0.3 is 0 Å². The number of amides is 1. The summed E-state index contributed by atoms with van der Waals surface area (Å²) in [6, 6.07) is 15.5. The van der Waals surface area contributed by atoms with E-state index in [4.69, 9.17) is 9.47 Å². The van der Waals surface area contributed by atoms with Crippen molar-refractivity contribution in [1.82, 2.24) is 0 Å². The lowest BCUT2D eigenvalue weighted by Gasteiger charge is -2.17. The molecule has 24 heavy (non-hydrogen) atoms. The highest BCUT2D eigenvalue weighted by Gasteiger charge is 2.20. The third kappa shape index (κ3) is 3.88. The summed E-state index contributed by atoms with van der Waals surface area (Å²) in [6.45, 7) is 3.38. The summed E-state index contributed by atoms with van der Waals surface area (Å²) in [4.78, 5) is 12.8. The van der Waals surface area contributed by atoms with E-state index in [1.54, 1.807) is 0 Å². The smallest absolute Gasteiger partial charge is 0.231 e. The number of carbonyl (C=O) groups is 1. The van der Waals surface area contributed by atoms with Crippen molar-refractivity contribution in [1.29, 1.82) is 0 Å². The number of hydrogen-bond donors (Lipinski definition) is 1. The standard InChI is InChI=1S/C20H23NO3/c1-2-7-17(15-8-4-3-5-9-15)20(22)21-16-10-11-18-19(14-16)24-13-6-12-23-18/h3-5,8-11,14,17H,2,6-7,12-13H2,1H3,(H,21,22). The number of benzene rings is 2. The Hall–Kier alpha value is -2.49. The monoisotopic (exact) mass is 325 g/mol. The molecule has 1 aliphatic heterocycles. The summed E-state index contributed by atoms with van der Waals surface area (Å²) in [7, 11) is 0. The van der Waals surface area contributed by atoms with Crippen LogP contribution < -0.4 is 14.8 Å². The zero-order valence-electron chi connectivity index (χ0n) is 14.0. The molecular formula is C20H23NO3. The van der Waals surface area contributed by atoms with E-state index in [2.05, 4.69) is 12.2 Å². The van der Waals surface area contributed by atoms with Crippen LogP contribution in [0.2, 0.25) is 0 Å². The van der Waals surface area contributed by atoms with Crippen LogP contribution in [0.25, 0.3) is 0 Å². The van der Waals surface area contributed by atoms with Gasteiger partial charge < -0.3 is 14.8 Å².